The third kappa shape index (κ3) is 4.14. The molecule has 0 aliphatic rings. The number of aryl methyl sites for hydroxylation is 1. The summed E-state index contributed by atoms with van der Waals surface area (Å²) in [4.78, 5) is 21.6. The molecule has 2 rings (SSSR count). The Morgan fingerprint density at radius 1 is 1.36 bits per heavy atom. The lowest BCUT2D eigenvalue weighted by atomic mass is 10.1. The van der Waals surface area contributed by atoms with E-state index in [1.165, 1.54) is 30.5 Å². The number of nitrogens with one attached hydrogen (secondary N) is 1. The van der Waals surface area contributed by atoms with Crippen LogP contribution in [0.4, 0.5) is 5.88 Å². The van der Waals surface area contributed by atoms with E-state index in [1.807, 2.05) is 13.0 Å². The normalized spacial score (nSPS) is 11.1. The fourth-order valence-corrected chi connectivity index (χ4v) is 1.66. The standard InChI is InChI=1S/C15H13N3O4/c1-11-4-2-5-12(10-11)15(19)17-16-9-3-6-13-7-8-14(22-13)18(20)21/h2-10H,1H3,(H,17,19)/b6-3+,16-9+. The van der Waals surface area contributed by atoms with Gasteiger partial charge in [0, 0.05) is 11.8 Å². The van der Waals surface area contributed by atoms with E-state index in [9.17, 15) is 14.9 Å². The van der Waals surface area contributed by atoms with Crippen molar-refractivity contribution in [1.82, 2.24) is 5.43 Å². The van der Waals surface area contributed by atoms with Crippen LogP contribution in [-0.4, -0.2) is 17.0 Å². The minimum absolute atomic E-state index is 0.318. The second-order valence-corrected chi connectivity index (χ2v) is 4.38. The van der Waals surface area contributed by atoms with Crippen LogP contribution < -0.4 is 5.43 Å². The van der Waals surface area contributed by atoms with Crippen LogP contribution >= 0.6 is 0 Å². The maximum atomic E-state index is 11.8. The minimum atomic E-state index is -0.618. The Kier molecular flexibility index (Phi) is 4.81. The molecule has 0 aliphatic heterocycles. The van der Waals surface area contributed by atoms with Crippen LogP contribution in [0.2, 0.25) is 0 Å². The summed E-state index contributed by atoms with van der Waals surface area (Å²) < 4.78 is 4.92. The summed E-state index contributed by atoms with van der Waals surface area (Å²) in [5.74, 6) is -0.325. The highest BCUT2D eigenvalue weighted by Gasteiger charge is 2.09. The van der Waals surface area contributed by atoms with E-state index in [0.717, 1.165) is 5.56 Å². The van der Waals surface area contributed by atoms with Crippen LogP contribution in [0.15, 0.2) is 52.0 Å². The second kappa shape index (κ2) is 6.98. The van der Waals surface area contributed by atoms with E-state index in [-0.39, 0.29) is 11.8 Å². The quantitative estimate of drug-likeness (QED) is 0.521. The van der Waals surface area contributed by atoms with Gasteiger partial charge in [-0.3, -0.25) is 14.9 Å². The molecule has 2 aromatic rings. The van der Waals surface area contributed by atoms with Gasteiger partial charge in [-0.1, -0.05) is 17.7 Å². The Hall–Kier alpha value is -3.22. The largest absolute Gasteiger partial charge is 0.433 e. The molecule has 7 nitrogen and oxygen atoms in total. The lowest BCUT2D eigenvalue weighted by Gasteiger charge is -1.99. The molecule has 0 atom stereocenters. The van der Waals surface area contributed by atoms with Crippen molar-refractivity contribution in [2.45, 2.75) is 6.92 Å². The first-order chi connectivity index (χ1) is 10.6. The van der Waals surface area contributed by atoms with Crippen LogP contribution in [0.25, 0.3) is 6.08 Å². The van der Waals surface area contributed by atoms with Gasteiger partial charge in [-0.15, -0.1) is 0 Å². The molecule has 0 bridgehead atoms. The average molecular weight is 299 g/mol. The summed E-state index contributed by atoms with van der Waals surface area (Å²) in [5.41, 5.74) is 3.88. The van der Waals surface area contributed by atoms with Crippen LogP contribution in [0.3, 0.4) is 0 Å². The number of amides is 1. The predicted octanol–water partition coefficient (Wildman–Crippen LogP) is 2.93. The van der Waals surface area contributed by atoms with Crippen LogP contribution in [0, 0.1) is 17.0 Å². The third-order valence-electron chi connectivity index (χ3n) is 2.66. The Morgan fingerprint density at radius 2 is 2.18 bits per heavy atom. The lowest BCUT2D eigenvalue weighted by molar-refractivity contribution is -0.402. The number of hydrogen-bond acceptors (Lipinski definition) is 5. The summed E-state index contributed by atoms with van der Waals surface area (Å²) in [6.07, 6.45) is 4.34. The zero-order chi connectivity index (χ0) is 15.9. The summed E-state index contributed by atoms with van der Waals surface area (Å²) in [7, 11) is 0. The van der Waals surface area contributed by atoms with Crippen LogP contribution in [-0.2, 0) is 0 Å². The molecule has 7 heteroatoms. The molecule has 1 amide bonds. The van der Waals surface area contributed by atoms with E-state index in [1.54, 1.807) is 18.2 Å². The number of carbonyl (C=O) groups is 1. The van der Waals surface area contributed by atoms with Crippen molar-refractivity contribution in [3.63, 3.8) is 0 Å². The van der Waals surface area contributed by atoms with Crippen molar-refractivity contribution in [2.24, 2.45) is 5.10 Å². The van der Waals surface area contributed by atoms with Crippen molar-refractivity contribution in [3.8, 4) is 0 Å². The number of carbonyl (C=O) groups excluding carboxylic acids is 1. The zero-order valence-corrected chi connectivity index (χ0v) is 11.7. The first kappa shape index (κ1) is 15.2. The van der Waals surface area contributed by atoms with Crippen LogP contribution in [0.5, 0.6) is 0 Å². The fraction of sp³-hybridized carbons (Fsp3) is 0.0667. The van der Waals surface area contributed by atoms with Crippen molar-refractivity contribution in [3.05, 3.63) is 69.5 Å². The molecule has 1 N–H and O–H groups in total. The van der Waals surface area contributed by atoms with E-state index in [2.05, 4.69) is 10.5 Å². The van der Waals surface area contributed by atoms with Crippen molar-refractivity contribution < 1.29 is 14.1 Å². The number of hydrazone groups is 1. The van der Waals surface area contributed by atoms with Gasteiger partial charge in [0.25, 0.3) is 5.91 Å². The molecule has 1 heterocycles. The maximum absolute atomic E-state index is 11.8. The highest BCUT2D eigenvalue weighted by Crippen LogP contribution is 2.16. The van der Waals surface area contributed by atoms with Gasteiger partial charge in [-0.05, 0) is 37.3 Å². The number of furan rings is 1. The maximum Gasteiger partial charge on any atom is 0.433 e. The van der Waals surface area contributed by atoms with Crippen molar-refractivity contribution in [2.75, 3.05) is 0 Å². The summed E-state index contributed by atoms with van der Waals surface area (Å²) in [6, 6.07) is 9.85. The molecule has 0 fully saturated rings. The third-order valence-corrected chi connectivity index (χ3v) is 2.66. The minimum Gasteiger partial charge on any atom is -0.401 e. The smallest absolute Gasteiger partial charge is 0.401 e. The van der Waals surface area contributed by atoms with Crippen molar-refractivity contribution >= 4 is 24.1 Å². The van der Waals surface area contributed by atoms with Gasteiger partial charge in [0.1, 0.15) is 10.7 Å². The van der Waals surface area contributed by atoms with Gasteiger partial charge < -0.3 is 4.42 Å². The Morgan fingerprint density at radius 3 is 2.86 bits per heavy atom. The van der Waals surface area contributed by atoms with E-state index >= 15 is 0 Å². The number of hydrogen-bond donors (Lipinski definition) is 1. The highest BCUT2D eigenvalue weighted by molar-refractivity contribution is 5.94. The average Bonchev–Trinajstić information content (AvgIpc) is 2.96. The molecule has 0 radical (unpaired) electrons. The second-order valence-electron chi connectivity index (χ2n) is 4.38. The SMILES string of the molecule is Cc1cccc(C(=O)N/N=C/C=C/c2ccc([N+](=O)[O-])o2)c1. The van der Waals surface area contributed by atoms with Gasteiger partial charge in [0.05, 0.1) is 6.07 Å². The Bertz CT molecular complexity index is 747. The van der Waals surface area contributed by atoms with Gasteiger partial charge in [-0.25, -0.2) is 5.43 Å². The first-order valence-electron chi connectivity index (χ1n) is 6.37. The number of rotatable bonds is 5. The summed E-state index contributed by atoms with van der Waals surface area (Å²) in [5, 5.41) is 14.2. The Balaban J connectivity index is 1.88. The number of nitrogens with zero attached hydrogens (tertiary/aromatic N) is 2. The van der Waals surface area contributed by atoms with Crippen LogP contribution in [0.1, 0.15) is 21.7 Å². The number of benzene rings is 1. The molecule has 1 aromatic carbocycles. The van der Waals surface area contributed by atoms with Crippen molar-refractivity contribution in [1.29, 1.82) is 0 Å². The summed E-state index contributed by atoms with van der Waals surface area (Å²) >= 11 is 0. The van der Waals surface area contributed by atoms with E-state index in [4.69, 9.17) is 4.42 Å². The molecular weight excluding hydrogens is 286 g/mol. The van der Waals surface area contributed by atoms with Gasteiger partial charge in [-0.2, -0.15) is 5.10 Å². The molecule has 22 heavy (non-hydrogen) atoms. The van der Waals surface area contributed by atoms with Gasteiger partial charge in [0.2, 0.25) is 0 Å². The molecule has 112 valence electrons. The number of nitro groups is 1. The molecule has 1 aromatic heterocycles. The molecule has 0 saturated heterocycles. The lowest BCUT2D eigenvalue weighted by Crippen LogP contribution is -2.17. The predicted molar refractivity (Wildman–Crippen MR) is 81.5 cm³/mol. The molecular formula is C15H13N3O4. The first-order valence-corrected chi connectivity index (χ1v) is 6.37. The summed E-state index contributed by atoms with van der Waals surface area (Å²) in [6.45, 7) is 1.89. The van der Waals surface area contributed by atoms with Gasteiger partial charge >= 0.3 is 5.88 Å². The molecule has 0 spiro atoms. The zero-order valence-electron chi connectivity index (χ0n) is 11.7. The fourth-order valence-electron chi connectivity index (χ4n) is 1.66. The van der Waals surface area contributed by atoms with Gasteiger partial charge in [0.15, 0.2) is 0 Å². The van der Waals surface area contributed by atoms with E-state index < -0.39 is 4.92 Å². The Labute approximate surface area is 126 Å². The molecule has 0 aliphatic carbocycles. The molecule has 0 unspecified atom stereocenters. The molecule has 0 saturated carbocycles. The number of allylic oxidation sites excluding steroid dienone is 1. The highest BCUT2D eigenvalue weighted by atomic mass is 16.6. The van der Waals surface area contributed by atoms with E-state index in [0.29, 0.717) is 11.3 Å². The monoisotopic (exact) mass is 299 g/mol. The topological polar surface area (TPSA) is 97.7 Å².